The standard InChI is InChI=1S/C4H8.2HO3P/c1-3-4-2;2*1-4(2)3/h3H,1,4H2,2H3;2*(H-,1,2,3)/p+2. The summed E-state index contributed by atoms with van der Waals surface area (Å²) in [5, 5.41) is 0. The van der Waals surface area contributed by atoms with Crippen LogP contribution in [0.15, 0.2) is 12.7 Å². The van der Waals surface area contributed by atoms with E-state index in [0.29, 0.717) is 0 Å². The Morgan fingerprint density at radius 2 is 1.25 bits per heavy atom. The zero-order valence-corrected chi connectivity index (χ0v) is 8.28. The van der Waals surface area contributed by atoms with Crippen molar-refractivity contribution in [2.24, 2.45) is 0 Å². The SMILES string of the molecule is C=CCC.O=[P+](O)O.O=[P+](O)O. The minimum atomic E-state index is -2.87. The maximum Gasteiger partial charge on any atom is 0.692 e. The zero-order chi connectivity index (χ0) is 10.6. The van der Waals surface area contributed by atoms with Crippen molar-refractivity contribution in [2.75, 3.05) is 0 Å². The molecule has 0 spiro atoms. The van der Waals surface area contributed by atoms with Crippen molar-refractivity contribution in [1.29, 1.82) is 0 Å². The van der Waals surface area contributed by atoms with Gasteiger partial charge in [0.15, 0.2) is 0 Å². The molecule has 0 amide bonds. The van der Waals surface area contributed by atoms with Crippen LogP contribution >= 0.6 is 16.5 Å². The molecule has 0 aromatic rings. The average Bonchev–Trinajstić information content (AvgIpc) is 1.85. The van der Waals surface area contributed by atoms with Gasteiger partial charge in [0.1, 0.15) is 0 Å². The van der Waals surface area contributed by atoms with E-state index in [4.69, 9.17) is 28.7 Å². The molecule has 0 atom stereocenters. The van der Waals surface area contributed by atoms with E-state index in [9.17, 15) is 0 Å². The normalized spacial score (nSPS) is 6.42. The number of hydrogen-bond donors (Lipinski definition) is 4. The topological polar surface area (TPSA) is 115 Å². The molecule has 0 bridgehead atoms. The molecule has 0 saturated carbocycles. The minimum absolute atomic E-state index is 1.08. The molecular weight excluding hydrogens is 206 g/mol. The average molecular weight is 218 g/mol. The summed E-state index contributed by atoms with van der Waals surface area (Å²) in [6, 6.07) is 0. The van der Waals surface area contributed by atoms with E-state index in [1.165, 1.54) is 0 Å². The molecule has 8 heteroatoms. The van der Waals surface area contributed by atoms with E-state index < -0.39 is 16.5 Å². The first kappa shape index (κ1) is 17.8. The molecule has 0 aromatic carbocycles. The third-order valence-electron chi connectivity index (χ3n) is 0.289. The third kappa shape index (κ3) is 1240. The van der Waals surface area contributed by atoms with Crippen molar-refractivity contribution in [3.8, 4) is 0 Å². The predicted molar refractivity (Wildman–Crippen MR) is 44.6 cm³/mol. The van der Waals surface area contributed by atoms with Gasteiger partial charge in [-0.05, 0) is 6.42 Å². The fourth-order valence-electron chi connectivity index (χ4n) is 0. The van der Waals surface area contributed by atoms with Crippen LogP contribution in [-0.4, -0.2) is 19.6 Å². The summed E-state index contributed by atoms with van der Waals surface area (Å²) in [6.45, 7) is 5.54. The summed E-state index contributed by atoms with van der Waals surface area (Å²) in [4.78, 5) is 28.5. The van der Waals surface area contributed by atoms with E-state index >= 15 is 0 Å². The summed E-state index contributed by atoms with van der Waals surface area (Å²) in [5.41, 5.74) is 0. The highest BCUT2D eigenvalue weighted by Gasteiger charge is 1.93. The fraction of sp³-hybridized carbons (Fsp3) is 0.500. The Kier molecular flexibility index (Phi) is 25.2. The lowest BCUT2D eigenvalue weighted by atomic mass is 10.5. The summed E-state index contributed by atoms with van der Waals surface area (Å²) in [6.07, 6.45) is 2.96. The number of allylic oxidation sites excluding steroid dienone is 1. The van der Waals surface area contributed by atoms with Crippen molar-refractivity contribution >= 4 is 16.5 Å². The van der Waals surface area contributed by atoms with E-state index in [-0.39, 0.29) is 0 Å². The van der Waals surface area contributed by atoms with E-state index in [1.807, 2.05) is 6.08 Å². The predicted octanol–water partition coefficient (Wildman–Crippen LogP) is 0.839. The Morgan fingerprint density at radius 1 is 1.17 bits per heavy atom. The fourth-order valence-corrected chi connectivity index (χ4v) is 0. The summed E-state index contributed by atoms with van der Waals surface area (Å²) >= 11 is 0. The second kappa shape index (κ2) is 17.0. The number of hydrogen-bond acceptors (Lipinski definition) is 2. The first-order chi connectivity index (χ1) is 5.38. The van der Waals surface area contributed by atoms with Gasteiger partial charge < -0.3 is 0 Å². The Balaban J connectivity index is -0.000000101. The van der Waals surface area contributed by atoms with Crippen LogP contribution in [0.3, 0.4) is 0 Å². The van der Waals surface area contributed by atoms with Crippen LogP contribution in [0.25, 0.3) is 0 Å². The van der Waals surface area contributed by atoms with Crippen LogP contribution < -0.4 is 0 Å². The molecule has 0 aliphatic carbocycles. The molecule has 0 rings (SSSR count). The molecule has 0 aromatic heterocycles. The van der Waals surface area contributed by atoms with Gasteiger partial charge in [0, 0.05) is 9.13 Å². The van der Waals surface area contributed by atoms with Crippen LogP contribution in [0, 0.1) is 0 Å². The van der Waals surface area contributed by atoms with Gasteiger partial charge in [-0.3, -0.25) is 0 Å². The van der Waals surface area contributed by atoms with Crippen molar-refractivity contribution in [2.45, 2.75) is 13.3 Å². The Bertz CT molecular complexity index is 116. The van der Waals surface area contributed by atoms with Crippen LogP contribution in [0.2, 0.25) is 0 Å². The van der Waals surface area contributed by atoms with E-state index in [1.54, 1.807) is 0 Å². The number of rotatable bonds is 1. The molecule has 0 saturated heterocycles. The summed E-state index contributed by atoms with van der Waals surface area (Å²) in [5.74, 6) is 0. The Hall–Kier alpha value is -0.220. The third-order valence-corrected chi connectivity index (χ3v) is 0.289. The van der Waals surface area contributed by atoms with Gasteiger partial charge >= 0.3 is 16.5 Å². The lowest BCUT2D eigenvalue weighted by molar-refractivity contribution is 0.403. The monoisotopic (exact) mass is 218 g/mol. The van der Waals surface area contributed by atoms with Gasteiger partial charge in [-0.25, -0.2) is 0 Å². The highest BCUT2D eigenvalue weighted by atomic mass is 31.1. The van der Waals surface area contributed by atoms with Gasteiger partial charge in [-0.15, -0.1) is 26.2 Å². The van der Waals surface area contributed by atoms with Gasteiger partial charge in [0.05, 0.1) is 0 Å². The lowest BCUT2D eigenvalue weighted by Crippen LogP contribution is -1.38. The van der Waals surface area contributed by atoms with Gasteiger partial charge in [0.2, 0.25) is 0 Å². The van der Waals surface area contributed by atoms with Crippen LogP contribution in [-0.2, 0) is 9.13 Å². The Labute approximate surface area is 72.1 Å². The molecule has 0 unspecified atom stereocenters. The van der Waals surface area contributed by atoms with Gasteiger partial charge in [0.25, 0.3) is 0 Å². The molecule has 0 radical (unpaired) electrons. The molecule has 0 heterocycles. The van der Waals surface area contributed by atoms with Crippen LogP contribution in [0.1, 0.15) is 13.3 Å². The van der Waals surface area contributed by atoms with Gasteiger partial charge in [-0.2, -0.15) is 0 Å². The van der Waals surface area contributed by atoms with E-state index in [0.717, 1.165) is 6.42 Å². The first-order valence-electron chi connectivity index (χ1n) is 2.69. The van der Waals surface area contributed by atoms with Crippen LogP contribution in [0.5, 0.6) is 0 Å². The maximum atomic E-state index is 8.70. The highest BCUT2D eigenvalue weighted by molar-refractivity contribution is 7.31. The molecule has 0 aliphatic heterocycles. The second-order valence-electron chi connectivity index (χ2n) is 1.20. The quantitative estimate of drug-likeness (QED) is 0.383. The van der Waals surface area contributed by atoms with Crippen molar-refractivity contribution < 1.29 is 28.7 Å². The van der Waals surface area contributed by atoms with E-state index in [2.05, 4.69) is 13.5 Å². The molecule has 0 fully saturated rings. The van der Waals surface area contributed by atoms with Crippen molar-refractivity contribution in [3.05, 3.63) is 12.7 Å². The second-order valence-corrected chi connectivity index (χ2v) is 2.21. The molecule has 6 nitrogen and oxygen atoms in total. The molecule has 12 heavy (non-hydrogen) atoms. The zero-order valence-electron chi connectivity index (χ0n) is 6.49. The van der Waals surface area contributed by atoms with Crippen LogP contribution in [0.4, 0.5) is 0 Å². The molecule has 72 valence electrons. The summed E-state index contributed by atoms with van der Waals surface area (Å²) < 4.78 is 17.4. The molecular formula is C4H12O6P2+2. The van der Waals surface area contributed by atoms with Crippen molar-refractivity contribution in [3.63, 3.8) is 0 Å². The smallest absolute Gasteiger partial charge is 0.134 e. The largest absolute Gasteiger partial charge is 0.692 e. The Morgan fingerprint density at radius 3 is 1.25 bits per heavy atom. The van der Waals surface area contributed by atoms with Crippen molar-refractivity contribution in [1.82, 2.24) is 0 Å². The van der Waals surface area contributed by atoms with Gasteiger partial charge in [-0.1, -0.05) is 13.0 Å². The lowest BCUT2D eigenvalue weighted by Gasteiger charge is -1.57. The minimum Gasteiger partial charge on any atom is -0.134 e. The first-order valence-corrected chi connectivity index (χ1v) is 5.02. The highest BCUT2D eigenvalue weighted by Crippen LogP contribution is 1.98. The molecule has 4 N–H and O–H groups in total. The summed E-state index contributed by atoms with van der Waals surface area (Å²) in [7, 11) is -5.74. The molecule has 0 aliphatic rings. The maximum absolute atomic E-state index is 8.70.